The summed E-state index contributed by atoms with van der Waals surface area (Å²) in [6.45, 7) is 7.75. The normalized spacial score (nSPS) is 20.9. The van der Waals surface area contributed by atoms with Gasteiger partial charge in [-0.25, -0.2) is 0 Å². The monoisotopic (exact) mass is 388 g/mol. The minimum absolute atomic E-state index is 0.126. The summed E-state index contributed by atoms with van der Waals surface area (Å²) in [6.07, 6.45) is -0.126. The Bertz CT molecular complexity index is 555. The number of carboxylic acid groups (broad SMARTS) is 1. The molecular weight excluding hydrogens is 370 g/mol. The fraction of sp³-hybridized carbons (Fsp3) is 0.533. The standard InChI is InChI=1S/C15H19BBrClO4/c1-14(2)15(3,4)22-16(21-14)9(8-12(19)20)13-10(17)6-5-7-11(13)18/h5-7,9H,8H2,1-4H3,(H,19,20). The number of hydrogen-bond donors (Lipinski definition) is 1. The van der Waals surface area contributed by atoms with Gasteiger partial charge in [0.15, 0.2) is 0 Å². The summed E-state index contributed by atoms with van der Waals surface area (Å²) < 4.78 is 12.8. The molecule has 1 fully saturated rings. The predicted octanol–water partition coefficient (Wildman–Crippen LogP) is 4.29. The van der Waals surface area contributed by atoms with Crippen molar-refractivity contribution in [3.63, 3.8) is 0 Å². The Morgan fingerprint density at radius 3 is 2.32 bits per heavy atom. The molecule has 2 rings (SSSR count). The molecule has 0 saturated carbocycles. The molecule has 0 aliphatic carbocycles. The van der Waals surface area contributed by atoms with Crippen LogP contribution in [0.2, 0.25) is 5.02 Å². The molecule has 1 aliphatic rings. The molecule has 4 nitrogen and oxygen atoms in total. The lowest BCUT2D eigenvalue weighted by Gasteiger charge is -2.32. The van der Waals surface area contributed by atoms with Crippen molar-refractivity contribution in [1.82, 2.24) is 0 Å². The Labute approximate surface area is 144 Å². The molecule has 120 valence electrons. The topological polar surface area (TPSA) is 55.8 Å². The largest absolute Gasteiger partial charge is 0.481 e. The SMILES string of the molecule is CC1(C)OB(C(CC(=O)O)c2c(Cl)cccc2Br)OC1(C)C. The van der Waals surface area contributed by atoms with Gasteiger partial charge in [-0.15, -0.1) is 0 Å². The maximum absolute atomic E-state index is 11.3. The van der Waals surface area contributed by atoms with Gasteiger partial charge in [-0.1, -0.05) is 33.6 Å². The van der Waals surface area contributed by atoms with E-state index < -0.39 is 30.1 Å². The molecule has 0 spiro atoms. The van der Waals surface area contributed by atoms with Crippen LogP contribution < -0.4 is 0 Å². The van der Waals surface area contributed by atoms with E-state index in [2.05, 4.69) is 15.9 Å². The summed E-state index contributed by atoms with van der Waals surface area (Å²) in [5, 5.41) is 9.77. The average Bonchev–Trinajstić information content (AvgIpc) is 2.56. The summed E-state index contributed by atoms with van der Waals surface area (Å²) >= 11 is 9.75. The predicted molar refractivity (Wildman–Crippen MR) is 90.2 cm³/mol. The summed E-state index contributed by atoms with van der Waals surface area (Å²) in [4.78, 5) is 11.3. The third-order valence-electron chi connectivity index (χ3n) is 4.37. The van der Waals surface area contributed by atoms with Gasteiger partial charge in [0, 0.05) is 15.3 Å². The fourth-order valence-electron chi connectivity index (χ4n) is 2.44. The molecular formula is C15H19BBrClO4. The molecule has 1 N–H and O–H groups in total. The minimum atomic E-state index is -0.925. The molecule has 0 bridgehead atoms. The fourth-order valence-corrected chi connectivity index (χ4v) is 3.53. The summed E-state index contributed by atoms with van der Waals surface area (Å²) in [7, 11) is -0.669. The second kappa shape index (κ2) is 6.15. The first-order chi connectivity index (χ1) is 10.0. The molecule has 1 saturated heterocycles. The van der Waals surface area contributed by atoms with Crippen LogP contribution in [0.15, 0.2) is 22.7 Å². The van der Waals surface area contributed by atoms with Crippen molar-refractivity contribution < 1.29 is 19.2 Å². The van der Waals surface area contributed by atoms with Crippen molar-refractivity contribution in [3.8, 4) is 0 Å². The van der Waals surface area contributed by atoms with Crippen LogP contribution in [0.25, 0.3) is 0 Å². The second-order valence-electron chi connectivity index (χ2n) is 6.46. The first-order valence-electron chi connectivity index (χ1n) is 7.06. The molecule has 0 aromatic heterocycles. The molecule has 1 aliphatic heterocycles. The number of carbonyl (C=O) groups is 1. The van der Waals surface area contributed by atoms with Gasteiger partial charge >= 0.3 is 13.1 Å². The maximum atomic E-state index is 11.3. The lowest BCUT2D eigenvalue weighted by Crippen LogP contribution is -2.41. The van der Waals surface area contributed by atoms with E-state index in [-0.39, 0.29) is 6.42 Å². The highest BCUT2D eigenvalue weighted by Crippen LogP contribution is 2.44. The van der Waals surface area contributed by atoms with E-state index in [1.54, 1.807) is 12.1 Å². The molecule has 1 aromatic rings. The van der Waals surface area contributed by atoms with E-state index >= 15 is 0 Å². The number of carboxylic acids is 1. The second-order valence-corrected chi connectivity index (χ2v) is 7.73. The van der Waals surface area contributed by atoms with Crippen molar-refractivity contribution in [2.75, 3.05) is 0 Å². The Balaban J connectivity index is 2.43. The van der Waals surface area contributed by atoms with E-state index in [4.69, 9.17) is 20.9 Å². The van der Waals surface area contributed by atoms with Crippen LogP contribution in [0.5, 0.6) is 0 Å². The first-order valence-corrected chi connectivity index (χ1v) is 8.23. The zero-order chi connectivity index (χ0) is 16.7. The Hall–Kier alpha value is -0.555. The van der Waals surface area contributed by atoms with E-state index in [0.717, 1.165) is 4.47 Å². The molecule has 22 heavy (non-hydrogen) atoms. The van der Waals surface area contributed by atoms with E-state index in [1.165, 1.54) is 0 Å². The number of aliphatic carboxylic acids is 1. The molecule has 1 atom stereocenters. The zero-order valence-electron chi connectivity index (χ0n) is 13.0. The highest BCUT2D eigenvalue weighted by atomic mass is 79.9. The van der Waals surface area contributed by atoms with Gasteiger partial charge in [-0.05, 0) is 45.4 Å². The van der Waals surface area contributed by atoms with Crippen molar-refractivity contribution in [2.45, 2.75) is 51.1 Å². The highest BCUT2D eigenvalue weighted by molar-refractivity contribution is 9.10. The number of halogens is 2. The first kappa shape index (κ1) is 17.8. The summed E-state index contributed by atoms with van der Waals surface area (Å²) in [5.74, 6) is -1.42. The summed E-state index contributed by atoms with van der Waals surface area (Å²) in [5.41, 5.74) is -0.352. The van der Waals surface area contributed by atoms with E-state index in [9.17, 15) is 9.90 Å². The maximum Gasteiger partial charge on any atom is 0.466 e. The Morgan fingerprint density at radius 2 is 1.86 bits per heavy atom. The number of rotatable bonds is 4. The van der Waals surface area contributed by atoms with Crippen LogP contribution in [0.3, 0.4) is 0 Å². The molecule has 1 heterocycles. The van der Waals surface area contributed by atoms with Gasteiger partial charge in [0.05, 0.1) is 17.6 Å². The zero-order valence-corrected chi connectivity index (χ0v) is 15.4. The molecule has 0 amide bonds. The lowest BCUT2D eigenvalue weighted by atomic mass is 9.66. The molecule has 7 heteroatoms. The molecule has 1 unspecified atom stereocenters. The van der Waals surface area contributed by atoms with Crippen LogP contribution in [0, 0.1) is 0 Å². The van der Waals surface area contributed by atoms with E-state index in [0.29, 0.717) is 10.6 Å². The van der Waals surface area contributed by atoms with Crippen LogP contribution in [-0.4, -0.2) is 29.4 Å². The van der Waals surface area contributed by atoms with Crippen molar-refractivity contribution >= 4 is 40.6 Å². The minimum Gasteiger partial charge on any atom is -0.481 e. The van der Waals surface area contributed by atoms with Crippen LogP contribution in [-0.2, 0) is 14.1 Å². The van der Waals surface area contributed by atoms with Crippen LogP contribution in [0.1, 0.15) is 45.5 Å². The summed E-state index contributed by atoms with van der Waals surface area (Å²) in [6, 6.07) is 5.38. The smallest absolute Gasteiger partial charge is 0.466 e. The van der Waals surface area contributed by atoms with E-state index in [1.807, 2.05) is 33.8 Å². The van der Waals surface area contributed by atoms with Crippen molar-refractivity contribution in [3.05, 3.63) is 33.3 Å². The Kier molecular flexibility index (Phi) is 4.98. The van der Waals surface area contributed by atoms with Gasteiger partial charge in [0.2, 0.25) is 0 Å². The van der Waals surface area contributed by atoms with Gasteiger partial charge in [0.1, 0.15) is 0 Å². The Morgan fingerprint density at radius 1 is 1.32 bits per heavy atom. The average molecular weight is 389 g/mol. The molecule has 0 radical (unpaired) electrons. The quantitative estimate of drug-likeness (QED) is 0.781. The third kappa shape index (κ3) is 3.35. The van der Waals surface area contributed by atoms with Gasteiger partial charge < -0.3 is 14.4 Å². The van der Waals surface area contributed by atoms with Crippen molar-refractivity contribution in [2.24, 2.45) is 0 Å². The van der Waals surface area contributed by atoms with Gasteiger partial charge in [-0.3, -0.25) is 4.79 Å². The third-order valence-corrected chi connectivity index (χ3v) is 5.39. The van der Waals surface area contributed by atoms with Gasteiger partial charge in [0.25, 0.3) is 0 Å². The van der Waals surface area contributed by atoms with Crippen molar-refractivity contribution in [1.29, 1.82) is 0 Å². The van der Waals surface area contributed by atoms with Crippen LogP contribution >= 0.6 is 27.5 Å². The highest BCUT2D eigenvalue weighted by Gasteiger charge is 2.54. The number of benzene rings is 1. The van der Waals surface area contributed by atoms with Gasteiger partial charge in [-0.2, -0.15) is 0 Å². The molecule has 1 aromatic carbocycles. The van der Waals surface area contributed by atoms with Crippen LogP contribution in [0.4, 0.5) is 0 Å². The number of hydrogen-bond acceptors (Lipinski definition) is 3. The lowest BCUT2D eigenvalue weighted by molar-refractivity contribution is -0.137.